The summed E-state index contributed by atoms with van der Waals surface area (Å²) in [6.07, 6.45) is 1.28. The maximum Gasteiger partial charge on any atom is 0.324 e. The molecule has 1 saturated heterocycles. The number of anilines is 1. The Morgan fingerprint density at radius 2 is 1.80 bits per heavy atom. The van der Waals surface area contributed by atoms with Gasteiger partial charge in [-0.15, -0.1) is 0 Å². The van der Waals surface area contributed by atoms with E-state index in [1.807, 2.05) is 60.4 Å². The van der Waals surface area contributed by atoms with E-state index in [0.29, 0.717) is 44.0 Å². The van der Waals surface area contributed by atoms with Crippen LogP contribution in [0.25, 0.3) is 0 Å². The van der Waals surface area contributed by atoms with Crippen molar-refractivity contribution in [3.8, 4) is 5.75 Å². The van der Waals surface area contributed by atoms with E-state index in [2.05, 4.69) is 5.32 Å². The number of likely N-dealkylation sites (tertiary alicyclic amines) is 1. The smallest absolute Gasteiger partial charge is 0.324 e. The second-order valence-corrected chi connectivity index (χ2v) is 8.33. The zero-order valence-corrected chi connectivity index (χ0v) is 17.8. The van der Waals surface area contributed by atoms with E-state index in [9.17, 15) is 9.59 Å². The molecule has 2 aromatic carbocycles. The summed E-state index contributed by atoms with van der Waals surface area (Å²) in [6, 6.07) is 15.1. The quantitative estimate of drug-likeness (QED) is 0.802. The lowest BCUT2D eigenvalue weighted by atomic mass is 9.96. The van der Waals surface area contributed by atoms with Crippen molar-refractivity contribution in [3.63, 3.8) is 0 Å². The van der Waals surface area contributed by atoms with Crippen LogP contribution in [-0.2, 0) is 11.3 Å². The molecule has 0 unspecified atom stereocenters. The molecule has 2 heterocycles. The molecule has 0 aromatic heterocycles. The van der Waals surface area contributed by atoms with Gasteiger partial charge in [0.2, 0.25) is 5.91 Å². The maximum atomic E-state index is 13.2. The summed E-state index contributed by atoms with van der Waals surface area (Å²) in [6.45, 7) is 4.12. The Kier molecular flexibility index (Phi) is 6.13. The number of fused-ring (bicyclic) bond motifs is 1. The van der Waals surface area contributed by atoms with Crippen molar-refractivity contribution in [1.29, 1.82) is 0 Å². The Bertz CT molecular complexity index is 910. The van der Waals surface area contributed by atoms with Gasteiger partial charge in [-0.3, -0.25) is 9.69 Å². The van der Waals surface area contributed by atoms with Crippen molar-refractivity contribution in [2.45, 2.75) is 32.4 Å². The number of nitrogens with one attached hydrogen (secondary N) is 1. The number of piperidine rings is 1. The molecule has 1 fully saturated rings. The molecular weight excluding hydrogens is 402 g/mol. The molecule has 7 heteroatoms. The SMILES string of the molecule is C[C@H]1CN(C(=O)N2CCC(C(=O)NCc3ccc(Cl)cc3)CC2)c2ccccc2O1. The first kappa shape index (κ1) is 20.5. The topological polar surface area (TPSA) is 61.9 Å². The number of benzene rings is 2. The minimum atomic E-state index is -0.0720. The van der Waals surface area contributed by atoms with Crippen LogP contribution in [0.5, 0.6) is 5.75 Å². The number of hydrogen-bond donors (Lipinski definition) is 1. The number of amides is 3. The van der Waals surface area contributed by atoms with Gasteiger partial charge in [0.1, 0.15) is 11.9 Å². The number of carbonyl (C=O) groups excluding carboxylic acids is 2. The van der Waals surface area contributed by atoms with Gasteiger partial charge in [0.05, 0.1) is 12.2 Å². The van der Waals surface area contributed by atoms with Crippen molar-refractivity contribution in [3.05, 3.63) is 59.1 Å². The minimum absolute atomic E-state index is 0.0161. The highest BCUT2D eigenvalue weighted by molar-refractivity contribution is 6.30. The standard InChI is InChI=1S/C23H26ClN3O3/c1-16-15-27(20-4-2-3-5-21(20)30-16)23(29)26-12-10-18(11-13-26)22(28)25-14-17-6-8-19(24)9-7-17/h2-9,16,18H,10-15H2,1H3,(H,25,28)/t16-/m0/s1. The van der Waals surface area contributed by atoms with Gasteiger partial charge in [0.15, 0.2) is 0 Å². The Balaban J connectivity index is 1.31. The van der Waals surface area contributed by atoms with E-state index in [-0.39, 0.29) is 24.0 Å². The summed E-state index contributed by atoms with van der Waals surface area (Å²) in [5, 5.41) is 3.68. The molecule has 0 saturated carbocycles. The van der Waals surface area contributed by atoms with Crippen molar-refractivity contribution < 1.29 is 14.3 Å². The summed E-state index contributed by atoms with van der Waals surface area (Å²) in [4.78, 5) is 29.4. The van der Waals surface area contributed by atoms with E-state index < -0.39 is 0 Å². The number of ether oxygens (including phenoxy) is 1. The third-order valence-electron chi connectivity index (χ3n) is 5.67. The lowest BCUT2D eigenvalue weighted by molar-refractivity contribution is -0.126. The van der Waals surface area contributed by atoms with Crippen LogP contribution in [0.3, 0.4) is 0 Å². The van der Waals surface area contributed by atoms with E-state index in [1.165, 1.54) is 0 Å². The van der Waals surface area contributed by atoms with Gasteiger partial charge in [-0.25, -0.2) is 4.79 Å². The summed E-state index contributed by atoms with van der Waals surface area (Å²) in [5.41, 5.74) is 1.82. The molecule has 4 rings (SSSR count). The molecule has 2 aliphatic heterocycles. The summed E-state index contributed by atoms with van der Waals surface area (Å²) >= 11 is 5.90. The number of urea groups is 1. The molecule has 30 heavy (non-hydrogen) atoms. The fourth-order valence-electron chi connectivity index (χ4n) is 4.01. The fraction of sp³-hybridized carbons (Fsp3) is 0.391. The first-order valence-corrected chi connectivity index (χ1v) is 10.7. The largest absolute Gasteiger partial charge is 0.487 e. The molecule has 1 N–H and O–H groups in total. The Morgan fingerprint density at radius 1 is 1.10 bits per heavy atom. The van der Waals surface area contributed by atoms with Crippen LogP contribution in [0, 0.1) is 5.92 Å². The molecule has 2 aliphatic rings. The molecule has 158 valence electrons. The predicted octanol–water partition coefficient (Wildman–Crippen LogP) is 4.08. The van der Waals surface area contributed by atoms with Crippen molar-refractivity contribution >= 4 is 29.2 Å². The predicted molar refractivity (Wildman–Crippen MR) is 117 cm³/mol. The maximum absolute atomic E-state index is 13.2. The Hall–Kier alpha value is -2.73. The second-order valence-electron chi connectivity index (χ2n) is 7.89. The van der Waals surface area contributed by atoms with Gasteiger partial charge >= 0.3 is 6.03 Å². The third-order valence-corrected chi connectivity index (χ3v) is 5.92. The molecular formula is C23H26ClN3O3. The van der Waals surface area contributed by atoms with Crippen molar-refractivity contribution in [2.24, 2.45) is 5.92 Å². The van der Waals surface area contributed by atoms with E-state index in [4.69, 9.17) is 16.3 Å². The number of halogens is 1. The molecule has 0 spiro atoms. The zero-order chi connectivity index (χ0) is 21.1. The highest BCUT2D eigenvalue weighted by Gasteiger charge is 2.33. The Labute approximate surface area is 181 Å². The average Bonchev–Trinajstić information content (AvgIpc) is 2.77. The first-order chi connectivity index (χ1) is 14.5. The van der Waals surface area contributed by atoms with Gasteiger partial charge in [-0.05, 0) is 49.6 Å². The molecule has 2 aromatic rings. The normalized spacial score (nSPS) is 19.1. The second kappa shape index (κ2) is 8.96. The zero-order valence-electron chi connectivity index (χ0n) is 17.0. The van der Waals surface area contributed by atoms with Crippen LogP contribution < -0.4 is 15.0 Å². The van der Waals surface area contributed by atoms with Gasteiger partial charge in [-0.1, -0.05) is 35.9 Å². The monoisotopic (exact) mass is 427 g/mol. The lowest BCUT2D eigenvalue weighted by Gasteiger charge is -2.39. The van der Waals surface area contributed by atoms with Crippen LogP contribution in [0.4, 0.5) is 10.5 Å². The number of rotatable bonds is 3. The summed E-state index contributed by atoms with van der Waals surface area (Å²) < 4.78 is 5.85. The van der Waals surface area contributed by atoms with Crippen LogP contribution >= 0.6 is 11.6 Å². The lowest BCUT2D eigenvalue weighted by Crippen LogP contribution is -2.52. The molecule has 3 amide bonds. The highest BCUT2D eigenvalue weighted by Crippen LogP contribution is 2.34. The number of nitrogens with zero attached hydrogens (tertiary/aromatic N) is 2. The molecule has 1 atom stereocenters. The minimum Gasteiger partial charge on any atom is -0.487 e. The van der Waals surface area contributed by atoms with Crippen LogP contribution in [0.15, 0.2) is 48.5 Å². The summed E-state index contributed by atoms with van der Waals surface area (Å²) in [5.74, 6) is 0.709. The van der Waals surface area contributed by atoms with Crippen LogP contribution in [0.1, 0.15) is 25.3 Å². The van der Waals surface area contributed by atoms with Gasteiger partial charge < -0.3 is 15.0 Å². The average molecular weight is 428 g/mol. The van der Waals surface area contributed by atoms with E-state index >= 15 is 0 Å². The van der Waals surface area contributed by atoms with E-state index in [0.717, 1.165) is 17.0 Å². The molecule has 0 aliphatic carbocycles. The van der Waals surface area contributed by atoms with E-state index in [1.54, 1.807) is 4.90 Å². The molecule has 6 nitrogen and oxygen atoms in total. The van der Waals surface area contributed by atoms with Crippen LogP contribution in [-0.4, -0.2) is 42.6 Å². The van der Waals surface area contributed by atoms with Gasteiger partial charge in [0.25, 0.3) is 0 Å². The van der Waals surface area contributed by atoms with Crippen molar-refractivity contribution in [2.75, 3.05) is 24.5 Å². The molecule has 0 radical (unpaired) electrons. The fourth-order valence-corrected chi connectivity index (χ4v) is 4.14. The Morgan fingerprint density at radius 3 is 2.53 bits per heavy atom. The first-order valence-electron chi connectivity index (χ1n) is 10.4. The highest BCUT2D eigenvalue weighted by atomic mass is 35.5. The van der Waals surface area contributed by atoms with Gasteiger partial charge in [0, 0.05) is 30.6 Å². The number of hydrogen-bond acceptors (Lipinski definition) is 3. The third kappa shape index (κ3) is 4.54. The van der Waals surface area contributed by atoms with Crippen LogP contribution in [0.2, 0.25) is 5.02 Å². The molecule has 0 bridgehead atoms. The number of carbonyl (C=O) groups is 2. The van der Waals surface area contributed by atoms with Gasteiger partial charge in [-0.2, -0.15) is 0 Å². The van der Waals surface area contributed by atoms with Crippen molar-refractivity contribution in [1.82, 2.24) is 10.2 Å². The number of para-hydroxylation sites is 2. The summed E-state index contributed by atoms with van der Waals surface area (Å²) in [7, 11) is 0.